The van der Waals surface area contributed by atoms with Crippen LogP contribution in [0.15, 0.2) is 29.4 Å². The molecule has 5 heteroatoms. The predicted octanol–water partition coefficient (Wildman–Crippen LogP) is 2.70. The minimum Gasteiger partial charge on any atom is -0.490 e. The summed E-state index contributed by atoms with van der Waals surface area (Å²) in [7, 11) is 0. The molecule has 1 aliphatic rings. The Morgan fingerprint density at radius 1 is 1.47 bits per heavy atom. The van der Waals surface area contributed by atoms with Crippen LogP contribution in [0.2, 0.25) is 0 Å². The van der Waals surface area contributed by atoms with Gasteiger partial charge in [0.25, 0.3) is 0 Å². The van der Waals surface area contributed by atoms with Crippen LogP contribution in [0.3, 0.4) is 0 Å². The lowest BCUT2D eigenvalue weighted by atomic mass is 10.3. The van der Waals surface area contributed by atoms with Gasteiger partial charge in [0.15, 0.2) is 6.10 Å². The number of rotatable bonds is 3. The molecule has 0 radical (unpaired) electrons. The van der Waals surface area contributed by atoms with Crippen LogP contribution >= 0.6 is 15.9 Å². The Hall–Kier alpha value is -1.10. The molecule has 0 spiro atoms. The summed E-state index contributed by atoms with van der Waals surface area (Å²) in [6, 6.07) is 5.88. The van der Waals surface area contributed by atoms with Gasteiger partial charge in [0.05, 0.1) is 0 Å². The quantitative estimate of drug-likeness (QED) is 0.848. The number of oxime groups is 1. The first-order valence-electron chi connectivity index (χ1n) is 4.50. The summed E-state index contributed by atoms with van der Waals surface area (Å²) in [5.74, 6) is 0.355. The van der Waals surface area contributed by atoms with Crippen LogP contribution in [-0.4, -0.2) is 17.3 Å². The van der Waals surface area contributed by atoms with Crippen LogP contribution in [0.4, 0.5) is 4.39 Å². The highest BCUT2D eigenvalue weighted by molar-refractivity contribution is 9.18. The lowest BCUT2D eigenvalue weighted by molar-refractivity contribution is 0.0471. The highest BCUT2D eigenvalue weighted by atomic mass is 79.9. The van der Waals surface area contributed by atoms with E-state index in [0.717, 1.165) is 4.62 Å². The molecule has 1 unspecified atom stereocenters. The zero-order chi connectivity index (χ0) is 10.7. The van der Waals surface area contributed by atoms with E-state index in [1.165, 1.54) is 12.1 Å². The average Bonchev–Trinajstić information content (AvgIpc) is 2.64. The van der Waals surface area contributed by atoms with Crippen LogP contribution in [0.25, 0.3) is 0 Å². The van der Waals surface area contributed by atoms with Gasteiger partial charge in [0.2, 0.25) is 0 Å². The molecule has 2 rings (SSSR count). The normalized spacial score (nSPS) is 19.6. The summed E-state index contributed by atoms with van der Waals surface area (Å²) < 4.78 is 18.8. The van der Waals surface area contributed by atoms with Gasteiger partial charge in [-0.25, -0.2) is 4.39 Å². The molecule has 80 valence electrons. The highest BCUT2D eigenvalue weighted by Crippen LogP contribution is 2.17. The molecule has 0 saturated carbocycles. The Morgan fingerprint density at radius 2 is 2.20 bits per heavy atom. The standard InChI is InChI=1S/C10H9BrFNO2/c11-10-5-9(15-13-10)6-14-8-3-1-7(12)2-4-8/h1-4,9H,5-6H2. The van der Waals surface area contributed by atoms with Crippen molar-refractivity contribution in [2.75, 3.05) is 6.61 Å². The number of hydrogen-bond acceptors (Lipinski definition) is 3. The average molecular weight is 274 g/mol. The molecule has 1 aromatic carbocycles. The zero-order valence-electron chi connectivity index (χ0n) is 7.82. The maximum atomic E-state index is 12.6. The van der Waals surface area contributed by atoms with E-state index in [1.54, 1.807) is 12.1 Å². The van der Waals surface area contributed by atoms with Gasteiger partial charge in [-0.2, -0.15) is 0 Å². The van der Waals surface area contributed by atoms with Gasteiger partial charge in [0.1, 0.15) is 22.8 Å². The van der Waals surface area contributed by atoms with Gasteiger partial charge in [-0.15, -0.1) is 0 Å². The Bertz CT molecular complexity index is 366. The fourth-order valence-corrected chi connectivity index (χ4v) is 1.65. The summed E-state index contributed by atoms with van der Waals surface area (Å²) in [4.78, 5) is 5.05. The fraction of sp³-hybridized carbons (Fsp3) is 0.300. The molecule has 3 nitrogen and oxygen atoms in total. The second-order valence-electron chi connectivity index (χ2n) is 3.16. The van der Waals surface area contributed by atoms with Crippen molar-refractivity contribution >= 4 is 20.6 Å². The Kier molecular flexibility index (Phi) is 3.20. The number of hydrogen-bond donors (Lipinski definition) is 0. The minimum atomic E-state index is -0.273. The summed E-state index contributed by atoms with van der Waals surface area (Å²) in [5, 5.41) is 3.74. The summed E-state index contributed by atoms with van der Waals surface area (Å²) in [6.07, 6.45) is 0.644. The van der Waals surface area contributed by atoms with E-state index in [0.29, 0.717) is 18.8 Å². The van der Waals surface area contributed by atoms with Crippen molar-refractivity contribution in [3.05, 3.63) is 30.1 Å². The molecular formula is C10H9BrFNO2. The molecule has 0 aliphatic carbocycles. The molecule has 0 N–H and O–H groups in total. The first-order valence-corrected chi connectivity index (χ1v) is 5.30. The van der Waals surface area contributed by atoms with Gasteiger partial charge in [-0.05, 0) is 40.2 Å². The number of benzene rings is 1. The summed E-state index contributed by atoms with van der Waals surface area (Å²) in [5.41, 5.74) is 0. The smallest absolute Gasteiger partial charge is 0.167 e. The molecular weight excluding hydrogens is 265 g/mol. The third-order valence-electron chi connectivity index (χ3n) is 1.95. The molecule has 0 bridgehead atoms. The van der Waals surface area contributed by atoms with Gasteiger partial charge in [0, 0.05) is 6.42 Å². The van der Waals surface area contributed by atoms with Crippen molar-refractivity contribution in [1.82, 2.24) is 0 Å². The SMILES string of the molecule is Fc1ccc(OCC2CC(Br)=NO2)cc1. The monoisotopic (exact) mass is 273 g/mol. The first-order chi connectivity index (χ1) is 7.24. The van der Waals surface area contributed by atoms with Crippen molar-refractivity contribution in [1.29, 1.82) is 0 Å². The minimum absolute atomic E-state index is 0.0653. The van der Waals surface area contributed by atoms with Crippen LogP contribution < -0.4 is 4.74 Å². The van der Waals surface area contributed by atoms with Crippen LogP contribution in [0.1, 0.15) is 6.42 Å². The highest BCUT2D eigenvalue weighted by Gasteiger charge is 2.19. The molecule has 15 heavy (non-hydrogen) atoms. The molecule has 0 amide bonds. The zero-order valence-corrected chi connectivity index (χ0v) is 9.41. The Labute approximate surface area is 95.0 Å². The van der Waals surface area contributed by atoms with E-state index in [2.05, 4.69) is 21.1 Å². The predicted molar refractivity (Wildman–Crippen MR) is 57.7 cm³/mol. The first kappa shape index (κ1) is 10.4. The molecule has 1 aromatic rings. The van der Waals surface area contributed by atoms with E-state index in [4.69, 9.17) is 9.57 Å². The van der Waals surface area contributed by atoms with Crippen LogP contribution in [0, 0.1) is 5.82 Å². The van der Waals surface area contributed by atoms with Crippen molar-refractivity contribution in [3.63, 3.8) is 0 Å². The topological polar surface area (TPSA) is 30.8 Å². The third-order valence-corrected chi connectivity index (χ3v) is 2.41. The van der Waals surface area contributed by atoms with Gasteiger partial charge in [-0.1, -0.05) is 5.16 Å². The summed E-state index contributed by atoms with van der Waals surface area (Å²) >= 11 is 3.23. The molecule has 1 aliphatic heterocycles. The van der Waals surface area contributed by atoms with E-state index >= 15 is 0 Å². The molecule has 1 atom stereocenters. The van der Waals surface area contributed by atoms with Gasteiger partial charge in [-0.3, -0.25) is 0 Å². The summed E-state index contributed by atoms with van der Waals surface area (Å²) in [6.45, 7) is 0.407. The van der Waals surface area contributed by atoms with Crippen LogP contribution in [0.5, 0.6) is 5.75 Å². The maximum absolute atomic E-state index is 12.6. The Morgan fingerprint density at radius 3 is 2.80 bits per heavy atom. The number of ether oxygens (including phenoxy) is 1. The maximum Gasteiger partial charge on any atom is 0.167 e. The van der Waals surface area contributed by atoms with Crippen molar-refractivity contribution in [3.8, 4) is 5.75 Å². The Balaban J connectivity index is 1.81. The second-order valence-corrected chi connectivity index (χ2v) is 4.08. The van der Waals surface area contributed by atoms with E-state index in [-0.39, 0.29) is 11.9 Å². The molecule has 0 fully saturated rings. The lowest BCUT2D eigenvalue weighted by Crippen LogP contribution is -2.17. The number of halogens is 2. The third kappa shape index (κ3) is 2.92. The largest absolute Gasteiger partial charge is 0.490 e. The van der Waals surface area contributed by atoms with Crippen molar-refractivity contribution < 1.29 is 14.0 Å². The lowest BCUT2D eigenvalue weighted by Gasteiger charge is -2.09. The van der Waals surface area contributed by atoms with Gasteiger partial charge < -0.3 is 9.57 Å². The van der Waals surface area contributed by atoms with Crippen molar-refractivity contribution in [2.24, 2.45) is 5.16 Å². The van der Waals surface area contributed by atoms with Crippen molar-refractivity contribution in [2.45, 2.75) is 12.5 Å². The van der Waals surface area contributed by atoms with E-state index < -0.39 is 0 Å². The molecule has 1 heterocycles. The molecule has 0 aromatic heterocycles. The van der Waals surface area contributed by atoms with E-state index in [9.17, 15) is 4.39 Å². The van der Waals surface area contributed by atoms with Crippen LogP contribution in [-0.2, 0) is 4.84 Å². The molecule has 0 saturated heterocycles. The fourth-order valence-electron chi connectivity index (χ4n) is 1.20. The van der Waals surface area contributed by atoms with E-state index in [1.807, 2.05) is 0 Å². The second kappa shape index (κ2) is 4.61. The number of nitrogens with zero attached hydrogens (tertiary/aromatic N) is 1. The van der Waals surface area contributed by atoms with Gasteiger partial charge >= 0.3 is 0 Å².